The summed E-state index contributed by atoms with van der Waals surface area (Å²) in [5, 5.41) is 1.69. The minimum absolute atomic E-state index is 0.00696. The Morgan fingerprint density at radius 1 is 1.00 bits per heavy atom. The van der Waals surface area contributed by atoms with Crippen LogP contribution in [0.25, 0.3) is 0 Å². The summed E-state index contributed by atoms with van der Waals surface area (Å²) in [7, 11) is 0. The number of ketones is 1. The predicted molar refractivity (Wildman–Crippen MR) is 59.6 cm³/mol. The zero-order valence-electron chi connectivity index (χ0n) is 8.46. The van der Waals surface area contributed by atoms with Crippen molar-refractivity contribution in [2.45, 2.75) is 0 Å². The van der Waals surface area contributed by atoms with E-state index in [9.17, 15) is 4.79 Å². The molecule has 78 valence electrons. The van der Waals surface area contributed by atoms with Gasteiger partial charge in [0.05, 0.1) is 5.70 Å². The number of carbonyl (C=O) groups excluding carboxylic acids is 1. The van der Waals surface area contributed by atoms with Crippen molar-refractivity contribution >= 4 is 5.78 Å². The molecule has 0 aromatic carbocycles. The van der Waals surface area contributed by atoms with Crippen molar-refractivity contribution in [3.63, 3.8) is 0 Å². The molecule has 0 saturated carbocycles. The number of hydroxylamine groups is 2. The van der Waals surface area contributed by atoms with E-state index in [0.717, 1.165) is 17.0 Å². The maximum absolute atomic E-state index is 11.0. The molecule has 0 atom stereocenters. The van der Waals surface area contributed by atoms with Crippen LogP contribution in [0.3, 0.4) is 0 Å². The summed E-state index contributed by atoms with van der Waals surface area (Å²) in [6.45, 7) is 0. The lowest BCUT2D eigenvalue weighted by atomic mass is 10.1. The Balaban J connectivity index is 1.97. The minimum atomic E-state index is 0.00696. The molecular formula is C13H9NO2. The van der Waals surface area contributed by atoms with E-state index in [-0.39, 0.29) is 5.78 Å². The Morgan fingerprint density at radius 2 is 1.81 bits per heavy atom. The van der Waals surface area contributed by atoms with E-state index in [1.54, 1.807) is 17.2 Å². The molecule has 1 aliphatic carbocycles. The molecule has 3 heteroatoms. The van der Waals surface area contributed by atoms with Gasteiger partial charge in [0.25, 0.3) is 0 Å². The number of allylic oxidation sites excluding steroid dienone is 9. The molecule has 0 spiro atoms. The van der Waals surface area contributed by atoms with E-state index in [0.29, 0.717) is 0 Å². The van der Waals surface area contributed by atoms with Gasteiger partial charge in [-0.15, -0.1) is 0 Å². The van der Waals surface area contributed by atoms with Gasteiger partial charge in [0, 0.05) is 17.8 Å². The largest absolute Gasteiger partial charge is 0.375 e. The van der Waals surface area contributed by atoms with Crippen LogP contribution >= 0.6 is 0 Å². The lowest BCUT2D eigenvalue weighted by Crippen LogP contribution is -2.10. The van der Waals surface area contributed by atoms with Gasteiger partial charge in [0.2, 0.25) is 0 Å². The fraction of sp³-hybridized carbons (Fsp3) is 0. The van der Waals surface area contributed by atoms with Gasteiger partial charge in [-0.2, -0.15) is 5.06 Å². The SMILES string of the molecule is O=C1C=CC(=C2C=C3C=CC=CN3O2)C=C1. The summed E-state index contributed by atoms with van der Waals surface area (Å²) in [5.74, 6) is 0.763. The second-order valence-electron chi connectivity index (χ2n) is 3.58. The first-order chi connectivity index (χ1) is 7.83. The zero-order valence-corrected chi connectivity index (χ0v) is 8.46. The standard InChI is InChI=1S/C13H9NO2/c15-12-6-4-10(5-7-12)13-9-11-3-1-2-8-14(11)16-13/h1-9H. The molecule has 16 heavy (non-hydrogen) atoms. The first-order valence-electron chi connectivity index (χ1n) is 5.01. The molecule has 0 saturated heterocycles. The van der Waals surface area contributed by atoms with Gasteiger partial charge < -0.3 is 4.84 Å². The van der Waals surface area contributed by atoms with Crippen molar-refractivity contribution in [2.24, 2.45) is 0 Å². The number of nitrogens with zero attached hydrogens (tertiary/aromatic N) is 1. The van der Waals surface area contributed by atoms with Gasteiger partial charge in [-0.05, 0) is 36.5 Å². The highest BCUT2D eigenvalue weighted by molar-refractivity contribution is 6.01. The van der Waals surface area contributed by atoms with E-state index in [1.165, 1.54) is 12.2 Å². The number of fused-ring (bicyclic) bond motifs is 1. The number of hydrogen-bond donors (Lipinski definition) is 0. The lowest BCUT2D eigenvalue weighted by molar-refractivity contribution is -0.110. The monoisotopic (exact) mass is 211 g/mol. The number of rotatable bonds is 0. The van der Waals surface area contributed by atoms with Gasteiger partial charge in [0.15, 0.2) is 11.5 Å². The van der Waals surface area contributed by atoms with Crippen LogP contribution in [0.15, 0.2) is 71.8 Å². The topological polar surface area (TPSA) is 29.5 Å². The third-order valence-corrected chi connectivity index (χ3v) is 2.47. The molecule has 0 fully saturated rings. The molecule has 2 aliphatic heterocycles. The van der Waals surface area contributed by atoms with Crippen molar-refractivity contribution in [1.82, 2.24) is 5.06 Å². The highest BCUT2D eigenvalue weighted by Crippen LogP contribution is 2.28. The summed E-state index contributed by atoms with van der Waals surface area (Å²) in [6.07, 6.45) is 16.2. The maximum Gasteiger partial charge on any atom is 0.178 e. The molecule has 0 radical (unpaired) electrons. The Hall–Kier alpha value is -2.29. The summed E-state index contributed by atoms with van der Waals surface area (Å²) >= 11 is 0. The summed E-state index contributed by atoms with van der Waals surface area (Å²) in [4.78, 5) is 16.6. The molecule has 0 amide bonds. The molecule has 2 heterocycles. The van der Waals surface area contributed by atoms with Crippen LogP contribution in [0.2, 0.25) is 0 Å². The van der Waals surface area contributed by atoms with E-state index < -0.39 is 0 Å². The van der Waals surface area contributed by atoms with Gasteiger partial charge >= 0.3 is 0 Å². The first kappa shape index (κ1) is 8.97. The summed E-state index contributed by atoms with van der Waals surface area (Å²) in [6, 6.07) is 0. The fourth-order valence-electron chi connectivity index (χ4n) is 1.66. The Labute approximate surface area is 93.0 Å². The second kappa shape index (κ2) is 3.38. The van der Waals surface area contributed by atoms with Crippen molar-refractivity contribution < 1.29 is 9.63 Å². The molecular weight excluding hydrogens is 202 g/mol. The van der Waals surface area contributed by atoms with Crippen LogP contribution in [0.5, 0.6) is 0 Å². The van der Waals surface area contributed by atoms with Crippen molar-refractivity contribution in [3.05, 3.63) is 71.8 Å². The molecule has 3 nitrogen and oxygen atoms in total. The summed E-state index contributed by atoms with van der Waals surface area (Å²) in [5.41, 5.74) is 1.90. The molecule has 0 aromatic heterocycles. The molecule has 0 aromatic rings. The molecule has 0 bridgehead atoms. The summed E-state index contributed by atoms with van der Waals surface area (Å²) < 4.78 is 0. The average molecular weight is 211 g/mol. The van der Waals surface area contributed by atoms with Crippen LogP contribution in [0.4, 0.5) is 0 Å². The smallest absolute Gasteiger partial charge is 0.178 e. The van der Waals surface area contributed by atoms with Gasteiger partial charge in [-0.25, -0.2) is 0 Å². The van der Waals surface area contributed by atoms with E-state index in [4.69, 9.17) is 4.84 Å². The molecule has 0 unspecified atom stereocenters. The highest BCUT2D eigenvalue weighted by Gasteiger charge is 2.20. The van der Waals surface area contributed by atoms with E-state index in [1.807, 2.05) is 30.5 Å². The number of hydrogen-bond acceptors (Lipinski definition) is 3. The third-order valence-electron chi connectivity index (χ3n) is 2.47. The molecule has 3 rings (SSSR count). The average Bonchev–Trinajstić information content (AvgIpc) is 2.73. The molecule has 0 N–H and O–H groups in total. The lowest BCUT2D eigenvalue weighted by Gasteiger charge is -2.16. The predicted octanol–water partition coefficient (Wildman–Crippen LogP) is 2.15. The van der Waals surface area contributed by atoms with Crippen LogP contribution in [0.1, 0.15) is 0 Å². The quantitative estimate of drug-likeness (QED) is 0.615. The van der Waals surface area contributed by atoms with Gasteiger partial charge in [-0.3, -0.25) is 4.79 Å². The van der Waals surface area contributed by atoms with Crippen molar-refractivity contribution in [2.75, 3.05) is 0 Å². The van der Waals surface area contributed by atoms with Gasteiger partial charge in [-0.1, -0.05) is 6.08 Å². The van der Waals surface area contributed by atoms with Crippen LogP contribution in [0, 0.1) is 0 Å². The van der Waals surface area contributed by atoms with Crippen molar-refractivity contribution in [3.8, 4) is 0 Å². The Bertz CT molecular complexity index is 512. The zero-order chi connectivity index (χ0) is 11.0. The van der Waals surface area contributed by atoms with Crippen LogP contribution in [-0.2, 0) is 9.63 Å². The minimum Gasteiger partial charge on any atom is -0.375 e. The van der Waals surface area contributed by atoms with Crippen LogP contribution in [-0.4, -0.2) is 10.8 Å². The fourth-order valence-corrected chi connectivity index (χ4v) is 1.66. The molecule has 3 aliphatic rings. The normalized spacial score (nSPS) is 21.4. The highest BCUT2D eigenvalue weighted by atomic mass is 16.7. The maximum atomic E-state index is 11.0. The second-order valence-corrected chi connectivity index (χ2v) is 3.58. The van der Waals surface area contributed by atoms with Crippen LogP contribution < -0.4 is 0 Å². The van der Waals surface area contributed by atoms with Gasteiger partial charge in [0.1, 0.15) is 0 Å². The number of carbonyl (C=O) groups is 1. The van der Waals surface area contributed by atoms with Crippen molar-refractivity contribution in [1.29, 1.82) is 0 Å². The Morgan fingerprint density at radius 3 is 2.56 bits per heavy atom. The van der Waals surface area contributed by atoms with E-state index >= 15 is 0 Å². The van der Waals surface area contributed by atoms with E-state index in [2.05, 4.69) is 0 Å². The Kier molecular flexibility index (Phi) is 1.90. The first-order valence-corrected chi connectivity index (χ1v) is 5.01. The third kappa shape index (κ3) is 1.42.